The van der Waals surface area contributed by atoms with E-state index in [1.165, 1.54) is 18.2 Å². The van der Waals surface area contributed by atoms with Gasteiger partial charge in [0.1, 0.15) is 10.8 Å². The average Bonchev–Trinajstić information content (AvgIpc) is 2.59. The van der Waals surface area contributed by atoms with Crippen molar-refractivity contribution >= 4 is 46.5 Å². The highest BCUT2D eigenvalue weighted by atomic mass is 35.5. The van der Waals surface area contributed by atoms with Crippen LogP contribution in [-0.4, -0.2) is 30.0 Å². The zero-order chi connectivity index (χ0) is 19.1. The van der Waals surface area contributed by atoms with Crippen LogP contribution in [0, 0.1) is 10.1 Å². The molecule has 26 heavy (non-hydrogen) atoms. The summed E-state index contributed by atoms with van der Waals surface area (Å²) in [4.78, 5) is 33.5. The number of carbonyl (C=O) groups excluding carboxylic acids is 2. The summed E-state index contributed by atoms with van der Waals surface area (Å²) in [5.41, 5.74) is -0.200. The lowest BCUT2D eigenvalue weighted by Gasteiger charge is -2.08. The number of benzene rings is 2. The van der Waals surface area contributed by atoms with Gasteiger partial charge >= 0.3 is 5.97 Å². The minimum atomic E-state index is -0.762. The van der Waals surface area contributed by atoms with Gasteiger partial charge in [-0.2, -0.15) is 0 Å². The molecule has 0 saturated carbocycles. The van der Waals surface area contributed by atoms with Crippen molar-refractivity contribution in [2.75, 3.05) is 18.5 Å². The number of anilines is 1. The van der Waals surface area contributed by atoms with Crippen LogP contribution in [0.1, 0.15) is 0 Å². The summed E-state index contributed by atoms with van der Waals surface area (Å²) in [5.74, 6) is -1.05. The van der Waals surface area contributed by atoms with Gasteiger partial charge in [0.05, 0.1) is 4.92 Å². The first-order valence-electron chi connectivity index (χ1n) is 7.13. The highest BCUT2D eigenvalue weighted by molar-refractivity contribution is 6.32. The fraction of sp³-hybridized carbons (Fsp3) is 0.125. The van der Waals surface area contributed by atoms with Gasteiger partial charge in [-0.05, 0) is 30.3 Å². The van der Waals surface area contributed by atoms with Crippen LogP contribution >= 0.6 is 23.2 Å². The molecule has 1 N–H and O–H groups in total. The third kappa shape index (κ3) is 5.91. The summed E-state index contributed by atoms with van der Waals surface area (Å²) >= 11 is 11.5. The van der Waals surface area contributed by atoms with Crippen LogP contribution in [0.25, 0.3) is 0 Å². The largest absolute Gasteiger partial charge is 0.482 e. The van der Waals surface area contributed by atoms with E-state index < -0.39 is 30.0 Å². The van der Waals surface area contributed by atoms with Crippen molar-refractivity contribution in [3.8, 4) is 5.75 Å². The average molecular weight is 399 g/mol. The number of halogens is 2. The number of rotatable bonds is 7. The molecule has 1 amide bonds. The first-order valence-corrected chi connectivity index (χ1v) is 7.88. The zero-order valence-electron chi connectivity index (χ0n) is 13.1. The second kappa shape index (κ2) is 9.02. The molecule has 0 fully saturated rings. The number of amides is 1. The number of carbonyl (C=O) groups is 2. The van der Waals surface area contributed by atoms with Crippen molar-refractivity contribution in [3.05, 3.63) is 62.6 Å². The number of hydrogen-bond acceptors (Lipinski definition) is 6. The predicted octanol–water partition coefficient (Wildman–Crippen LogP) is 3.46. The maximum atomic E-state index is 11.8. The van der Waals surface area contributed by atoms with Crippen molar-refractivity contribution in [3.63, 3.8) is 0 Å². The lowest BCUT2D eigenvalue weighted by molar-refractivity contribution is -0.384. The van der Waals surface area contributed by atoms with Gasteiger partial charge in [0, 0.05) is 16.8 Å². The molecular formula is C16H12Cl2N2O6. The van der Waals surface area contributed by atoms with E-state index in [9.17, 15) is 19.7 Å². The van der Waals surface area contributed by atoms with E-state index in [0.717, 1.165) is 6.07 Å². The normalized spacial score (nSPS) is 10.1. The van der Waals surface area contributed by atoms with Gasteiger partial charge in [-0.15, -0.1) is 0 Å². The zero-order valence-corrected chi connectivity index (χ0v) is 14.6. The molecule has 0 unspecified atom stereocenters. The predicted molar refractivity (Wildman–Crippen MR) is 94.6 cm³/mol. The van der Waals surface area contributed by atoms with E-state index >= 15 is 0 Å². The third-order valence-electron chi connectivity index (χ3n) is 2.94. The van der Waals surface area contributed by atoms with Crippen molar-refractivity contribution in [2.24, 2.45) is 0 Å². The fourth-order valence-corrected chi connectivity index (χ4v) is 2.18. The van der Waals surface area contributed by atoms with Gasteiger partial charge in [-0.25, -0.2) is 4.79 Å². The Labute approximate surface area is 157 Å². The van der Waals surface area contributed by atoms with Crippen molar-refractivity contribution in [1.29, 1.82) is 0 Å². The minimum absolute atomic E-state index is 0.0578. The summed E-state index contributed by atoms with van der Waals surface area (Å²) in [6, 6.07) is 10.2. The Bertz CT molecular complexity index is 843. The van der Waals surface area contributed by atoms with E-state index in [-0.39, 0.29) is 16.4 Å². The summed E-state index contributed by atoms with van der Waals surface area (Å²) in [6.07, 6.45) is 0. The number of nitro groups is 1. The number of ether oxygens (including phenoxy) is 2. The first kappa shape index (κ1) is 19.5. The topological polar surface area (TPSA) is 108 Å². The maximum Gasteiger partial charge on any atom is 0.344 e. The molecule has 0 aliphatic heterocycles. The van der Waals surface area contributed by atoms with Crippen LogP contribution in [0.15, 0.2) is 42.5 Å². The fourth-order valence-electron chi connectivity index (χ4n) is 1.81. The molecule has 0 aliphatic carbocycles. The molecule has 2 aromatic rings. The highest BCUT2D eigenvalue weighted by Gasteiger charge is 2.15. The van der Waals surface area contributed by atoms with Crippen LogP contribution in [-0.2, 0) is 14.3 Å². The van der Waals surface area contributed by atoms with Crippen molar-refractivity contribution < 1.29 is 24.0 Å². The van der Waals surface area contributed by atoms with Gasteiger partial charge in [0.2, 0.25) is 0 Å². The highest BCUT2D eigenvalue weighted by Crippen LogP contribution is 2.27. The molecule has 0 spiro atoms. The van der Waals surface area contributed by atoms with Gasteiger partial charge in [0.15, 0.2) is 13.2 Å². The standard InChI is InChI=1S/C16H12Cl2N2O6/c17-10-2-1-3-12(6-10)25-9-16(22)26-8-15(21)19-11-4-5-13(18)14(7-11)20(23)24/h1-7H,8-9H2,(H,19,21). The Balaban J connectivity index is 1.80. The van der Waals surface area contributed by atoms with Crippen LogP contribution in [0.2, 0.25) is 10.0 Å². The summed E-state index contributed by atoms with van der Waals surface area (Å²) < 4.78 is 9.93. The van der Waals surface area contributed by atoms with Crippen LogP contribution in [0.5, 0.6) is 5.75 Å². The molecule has 136 valence electrons. The molecule has 0 heterocycles. The Hall–Kier alpha value is -2.84. The smallest absolute Gasteiger partial charge is 0.344 e. The number of hydrogen-bond donors (Lipinski definition) is 1. The molecule has 10 heteroatoms. The second-order valence-corrected chi connectivity index (χ2v) is 5.72. The molecule has 0 aliphatic rings. The molecule has 8 nitrogen and oxygen atoms in total. The molecule has 0 saturated heterocycles. The van der Waals surface area contributed by atoms with Crippen molar-refractivity contribution in [1.82, 2.24) is 0 Å². The lowest BCUT2D eigenvalue weighted by Crippen LogP contribution is -2.23. The molecule has 2 rings (SSSR count). The molecule has 0 bridgehead atoms. The Morgan fingerprint density at radius 2 is 1.88 bits per heavy atom. The van der Waals surface area contributed by atoms with E-state index in [1.807, 2.05) is 0 Å². The number of nitro benzene ring substituents is 1. The number of esters is 1. The second-order valence-electron chi connectivity index (χ2n) is 4.88. The van der Waals surface area contributed by atoms with Crippen molar-refractivity contribution in [2.45, 2.75) is 0 Å². The van der Waals surface area contributed by atoms with Gasteiger partial charge in [-0.1, -0.05) is 29.3 Å². The molecule has 0 aromatic heterocycles. The number of nitrogens with one attached hydrogen (secondary N) is 1. The Morgan fingerprint density at radius 1 is 1.12 bits per heavy atom. The van der Waals surface area contributed by atoms with Gasteiger partial charge in [-0.3, -0.25) is 14.9 Å². The van der Waals surface area contributed by atoms with Gasteiger partial charge in [0.25, 0.3) is 11.6 Å². The first-order chi connectivity index (χ1) is 12.3. The summed E-state index contributed by atoms with van der Waals surface area (Å²) in [7, 11) is 0. The van der Waals surface area contributed by atoms with E-state index in [1.54, 1.807) is 18.2 Å². The Morgan fingerprint density at radius 3 is 2.58 bits per heavy atom. The van der Waals surface area contributed by atoms with E-state index in [4.69, 9.17) is 32.7 Å². The Kier molecular flexibility index (Phi) is 6.76. The molecule has 0 atom stereocenters. The summed E-state index contributed by atoms with van der Waals surface area (Å²) in [5, 5.41) is 13.6. The SMILES string of the molecule is O=C(COC(=O)COc1cccc(Cl)c1)Nc1ccc(Cl)c([N+](=O)[O-])c1. The monoisotopic (exact) mass is 398 g/mol. The maximum absolute atomic E-state index is 11.8. The lowest BCUT2D eigenvalue weighted by atomic mass is 10.3. The minimum Gasteiger partial charge on any atom is -0.482 e. The van der Waals surface area contributed by atoms with Crippen LogP contribution in [0.4, 0.5) is 11.4 Å². The van der Waals surface area contributed by atoms with Crippen LogP contribution in [0.3, 0.4) is 0 Å². The number of nitrogens with zero attached hydrogens (tertiary/aromatic N) is 1. The molecular weight excluding hydrogens is 387 g/mol. The van der Waals surface area contributed by atoms with E-state index in [0.29, 0.717) is 10.8 Å². The quantitative estimate of drug-likeness (QED) is 0.434. The van der Waals surface area contributed by atoms with Gasteiger partial charge < -0.3 is 14.8 Å². The van der Waals surface area contributed by atoms with Crippen LogP contribution < -0.4 is 10.1 Å². The summed E-state index contributed by atoms with van der Waals surface area (Å²) in [6.45, 7) is -0.978. The van der Waals surface area contributed by atoms with E-state index in [2.05, 4.69) is 5.32 Å². The molecule has 2 aromatic carbocycles. The third-order valence-corrected chi connectivity index (χ3v) is 3.50. The molecule has 0 radical (unpaired) electrons.